The molecule has 0 spiro atoms. The normalized spacial score (nSPS) is 15.0. The summed E-state index contributed by atoms with van der Waals surface area (Å²) in [6.07, 6.45) is 2.32. The first-order valence-electron chi connectivity index (χ1n) is 15.6. The number of piperidine rings is 1. The molecule has 0 saturated carbocycles. The van der Waals surface area contributed by atoms with E-state index < -0.39 is 0 Å². The zero-order valence-electron chi connectivity index (χ0n) is 25.1. The van der Waals surface area contributed by atoms with E-state index in [-0.39, 0.29) is 5.91 Å². The molecule has 4 heteroatoms. The fraction of sp³-hybridized carbons (Fsp3) is 0.225. The second-order valence-corrected chi connectivity index (χ2v) is 12.3. The molecule has 0 radical (unpaired) electrons. The highest BCUT2D eigenvalue weighted by atomic mass is 79.9. The molecule has 222 valence electrons. The maximum absolute atomic E-state index is 12.7. The summed E-state index contributed by atoms with van der Waals surface area (Å²) in [5.41, 5.74) is 10.0. The van der Waals surface area contributed by atoms with Crippen LogP contribution >= 0.6 is 15.9 Å². The van der Waals surface area contributed by atoms with Crippen molar-refractivity contribution in [3.8, 4) is 22.3 Å². The topological polar surface area (TPSA) is 23.6 Å². The minimum absolute atomic E-state index is 0.213. The second kappa shape index (κ2) is 14.7. The molecule has 0 bridgehead atoms. The fourth-order valence-electron chi connectivity index (χ4n) is 6.44. The number of likely N-dealkylation sites (tertiary alicyclic amines) is 1. The number of fused-ring (bicyclic) bond motifs is 1. The lowest BCUT2D eigenvalue weighted by molar-refractivity contribution is 0.0711. The zero-order valence-corrected chi connectivity index (χ0v) is 26.7. The Balaban J connectivity index is 0.000000205. The van der Waals surface area contributed by atoms with Crippen molar-refractivity contribution in [2.75, 3.05) is 19.6 Å². The molecule has 2 aliphatic heterocycles. The van der Waals surface area contributed by atoms with E-state index >= 15 is 0 Å². The van der Waals surface area contributed by atoms with Crippen LogP contribution < -0.4 is 0 Å². The SMILES string of the molecule is BrCc1ccccc1-c1ccccc1.O=C1c2ccccc2CN1CC1CCN(Cc2ccccc2-c2ccccc2)CC1. The van der Waals surface area contributed by atoms with E-state index in [1.807, 2.05) is 24.3 Å². The monoisotopic (exact) mass is 642 g/mol. The van der Waals surface area contributed by atoms with Crippen LogP contribution in [-0.4, -0.2) is 35.3 Å². The van der Waals surface area contributed by atoms with Crippen molar-refractivity contribution < 1.29 is 4.79 Å². The number of halogens is 1. The summed E-state index contributed by atoms with van der Waals surface area (Å²) in [5, 5.41) is 0.901. The molecule has 7 rings (SSSR count). The van der Waals surface area contributed by atoms with Crippen LogP contribution in [0.5, 0.6) is 0 Å². The molecule has 5 aromatic carbocycles. The van der Waals surface area contributed by atoms with Crippen molar-refractivity contribution in [2.45, 2.75) is 31.3 Å². The van der Waals surface area contributed by atoms with E-state index in [1.54, 1.807) is 0 Å². The summed E-state index contributed by atoms with van der Waals surface area (Å²) in [6, 6.07) is 46.4. The van der Waals surface area contributed by atoms with Gasteiger partial charge in [-0.1, -0.05) is 143 Å². The largest absolute Gasteiger partial charge is 0.334 e. The molecule has 0 N–H and O–H groups in total. The van der Waals surface area contributed by atoms with E-state index in [0.717, 1.165) is 56.5 Å². The molecule has 1 amide bonds. The number of carbonyl (C=O) groups excluding carboxylic acids is 1. The zero-order chi connectivity index (χ0) is 30.1. The summed E-state index contributed by atoms with van der Waals surface area (Å²) in [7, 11) is 0. The molecule has 0 atom stereocenters. The third kappa shape index (κ3) is 7.20. The van der Waals surface area contributed by atoms with Gasteiger partial charge in [0.15, 0.2) is 0 Å². The standard InChI is InChI=1S/C27H28N2O.C13H11Br/c30-27-26-13-7-5-11-24(26)20-29(27)18-21-14-16-28(17-15-21)19-23-10-4-6-12-25(23)22-8-2-1-3-9-22;14-10-12-8-4-5-9-13(12)11-6-2-1-3-7-11/h1-13,21H,14-20H2;1-9H,10H2. The van der Waals surface area contributed by atoms with Gasteiger partial charge in [0.2, 0.25) is 0 Å². The molecule has 3 nitrogen and oxygen atoms in total. The average molecular weight is 644 g/mol. The van der Waals surface area contributed by atoms with Gasteiger partial charge in [0.1, 0.15) is 0 Å². The van der Waals surface area contributed by atoms with Gasteiger partial charge < -0.3 is 4.90 Å². The minimum atomic E-state index is 0.213. The van der Waals surface area contributed by atoms with Gasteiger partial charge >= 0.3 is 0 Å². The number of benzene rings is 5. The number of nitrogens with zero attached hydrogens (tertiary/aromatic N) is 2. The maximum Gasteiger partial charge on any atom is 0.254 e. The van der Waals surface area contributed by atoms with Crippen molar-refractivity contribution in [3.63, 3.8) is 0 Å². The summed E-state index contributed by atoms with van der Waals surface area (Å²) >= 11 is 3.51. The highest BCUT2D eigenvalue weighted by Crippen LogP contribution is 2.29. The first-order valence-corrected chi connectivity index (χ1v) is 16.7. The molecule has 0 aliphatic carbocycles. The number of hydrogen-bond acceptors (Lipinski definition) is 2. The van der Waals surface area contributed by atoms with Gasteiger partial charge in [0.25, 0.3) is 5.91 Å². The Bertz CT molecular complexity index is 1660. The molecular weight excluding hydrogens is 604 g/mol. The number of carbonyl (C=O) groups is 1. The number of amides is 1. The summed E-state index contributed by atoms with van der Waals surface area (Å²) in [5.74, 6) is 0.814. The molecule has 5 aromatic rings. The van der Waals surface area contributed by atoms with Gasteiger partial charge in [-0.3, -0.25) is 9.69 Å². The Labute approximate surface area is 270 Å². The van der Waals surface area contributed by atoms with Crippen LogP contribution in [0, 0.1) is 5.92 Å². The lowest BCUT2D eigenvalue weighted by Crippen LogP contribution is -2.38. The lowest BCUT2D eigenvalue weighted by Gasteiger charge is -2.34. The van der Waals surface area contributed by atoms with Crippen LogP contribution in [0.15, 0.2) is 133 Å². The number of hydrogen-bond donors (Lipinski definition) is 0. The Morgan fingerprint density at radius 1 is 0.591 bits per heavy atom. The van der Waals surface area contributed by atoms with Gasteiger partial charge in [-0.2, -0.15) is 0 Å². The van der Waals surface area contributed by atoms with Gasteiger partial charge in [0.05, 0.1) is 0 Å². The third-order valence-corrected chi connectivity index (χ3v) is 9.43. The van der Waals surface area contributed by atoms with Gasteiger partial charge in [-0.25, -0.2) is 0 Å². The fourth-order valence-corrected chi connectivity index (χ4v) is 6.92. The Kier molecular flexibility index (Phi) is 10.0. The molecule has 0 unspecified atom stereocenters. The van der Waals surface area contributed by atoms with Crippen molar-refractivity contribution in [3.05, 3.63) is 156 Å². The van der Waals surface area contributed by atoms with Crippen LogP contribution in [0.4, 0.5) is 0 Å². The van der Waals surface area contributed by atoms with Crippen molar-refractivity contribution >= 4 is 21.8 Å². The summed E-state index contributed by atoms with van der Waals surface area (Å²) in [4.78, 5) is 17.3. The Morgan fingerprint density at radius 2 is 1.09 bits per heavy atom. The lowest BCUT2D eigenvalue weighted by atomic mass is 9.94. The molecule has 0 aromatic heterocycles. The summed E-state index contributed by atoms with van der Waals surface area (Å²) in [6.45, 7) is 4.86. The first kappa shape index (κ1) is 30.1. The van der Waals surface area contributed by atoms with Gasteiger partial charge in [-0.05, 0) is 76.9 Å². The number of rotatable bonds is 7. The highest BCUT2D eigenvalue weighted by Gasteiger charge is 2.30. The van der Waals surface area contributed by atoms with E-state index in [0.29, 0.717) is 5.92 Å². The van der Waals surface area contributed by atoms with Crippen LogP contribution in [0.1, 0.15) is 39.9 Å². The van der Waals surface area contributed by atoms with Crippen molar-refractivity contribution in [1.29, 1.82) is 0 Å². The Hall–Kier alpha value is -3.99. The number of alkyl halides is 1. The molecule has 2 heterocycles. The average Bonchev–Trinajstić information content (AvgIpc) is 3.41. The highest BCUT2D eigenvalue weighted by molar-refractivity contribution is 9.08. The smallest absolute Gasteiger partial charge is 0.254 e. The first-order chi connectivity index (χ1) is 21.7. The minimum Gasteiger partial charge on any atom is -0.334 e. The maximum atomic E-state index is 12.7. The molecule has 2 aliphatic rings. The Morgan fingerprint density at radius 3 is 1.68 bits per heavy atom. The molecule has 1 fully saturated rings. The molecule has 44 heavy (non-hydrogen) atoms. The van der Waals surface area contributed by atoms with Crippen molar-refractivity contribution in [1.82, 2.24) is 9.80 Å². The van der Waals surface area contributed by atoms with E-state index in [2.05, 4.69) is 135 Å². The van der Waals surface area contributed by atoms with E-state index in [1.165, 1.54) is 38.9 Å². The van der Waals surface area contributed by atoms with Crippen LogP contribution in [0.2, 0.25) is 0 Å². The molecule has 1 saturated heterocycles. The second-order valence-electron chi connectivity index (χ2n) is 11.7. The third-order valence-electron chi connectivity index (χ3n) is 8.82. The van der Waals surface area contributed by atoms with Crippen LogP contribution in [-0.2, 0) is 18.4 Å². The summed E-state index contributed by atoms with van der Waals surface area (Å²) < 4.78 is 0. The predicted molar refractivity (Wildman–Crippen MR) is 186 cm³/mol. The van der Waals surface area contributed by atoms with Crippen LogP contribution in [0.3, 0.4) is 0 Å². The van der Waals surface area contributed by atoms with Gasteiger partial charge in [0, 0.05) is 30.5 Å². The predicted octanol–water partition coefficient (Wildman–Crippen LogP) is 9.47. The van der Waals surface area contributed by atoms with Crippen LogP contribution in [0.25, 0.3) is 22.3 Å². The van der Waals surface area contributed by atoms with Gasteiger partial charge in [-0.15, -0.1) is 0 Å². The molecular formula is C40H39BrN2O. The van der Waals surface area contributed by atoms with E-state index in [4.69, 9.17) is 0 Å². The van der Waals surface area contributed by atoms with E-state index in [9.17, 15) is 4.79 Å². The van der Waals surface area contributed by atoms with Crippen molar-refractivity contribution in [2.24, 2.45) is 5.92 Å². The quantitative estimate of drug-likeness (QED) is 0.165.